The van der Waals surface area contributed by atoms with Gasteiger partial charge in [-0.3, -0.25) is 4.98 Å². The fourth-order valence-electron chi connectivity index (χ4n) is 6.13. The van der Waals surface area contributed by atoms with Gasteiger partial charge in [0, 0.05) is 34.8 Å². The Hall–Kier alpha value is -3.02. The Balaban J connectivity index is 1.95. The first-order valence-corrected chi connectivity index (χ1v) is 11.8. The molecule has 0 unspecified atom stereocenters. The third-order valence-corrected chi connectivity index (χ3v) is 7.61. The molecular formula is C27H30BF2N3. The topological polar surface area (TPSA) is 20.8 Å². The zero-order chi connectivity index (χ0) is 23.8. The van der Waals surface area contributed by atoms with Crippen LogP contribution in [0.25, 0.3) is 16.5 Å². The fourth-order valence-corrected chi connectivity index (χ4v) is 6.13. The summed E-state index contributed by atoms with van der Waals surface area (Å²) in [6.45, 7) is 9.74. The molecule has 0 N–H and O–H groups in total. The van der Waals surface area contributed by atoms with Gasteiger partial charge in [-0.2, -0.15) is 0 Å². The molecule has 3 nitrogen and oxygen atoms in total. The van der Waals surface area contributed by atoms with E-state index in [1.54, 1.807) is 0 Å². The first-order chi connectivity index (χ1) is 15.6. The number of hydrogen-bond donors (Lipinski definition) is 0. The molecule has 3 aromatic rings. The van der Waals surface area contributed by atoms with Crippen LogP contribution in [0, 0.1) is 20.8 Å². The van der Waals surface area contributed by atoms with Gasteiger partial charge in [-0.1, -0.05) is 26.0 Å². The molecule has 0 spiro atoms. The van der Waals surface area contributed by atoms with Gasteiger partial charge in [0.15, 0.2) is 5.70 Å². The summed E-state index contributed by atoms with van der Waals surface area (Å²) in [5.74, 6) is 0. The summed E-state index contributed by atoms with van der Waals surface area (Å²) in [7, 11) is 0. The Kier molecular flexibility index (Phi) is 4.79. The molecular weight excluding hydrogens is 415 g/mol. The van der Waals surface area contributed by atoms with E-state index >= 15 is 8.63 Å². The maximum atomic E-state index is 16.3. The second-order valence-electron chi connectivity index (χ2n) is 9.35. The second kappa shape index (κ2) is 7.24. The molecule has 1 aromatic carbocycles. The molecule has 0 amide bonds. The van der Waals surface area contributed by atoms with Gasteiger partial charge in [0.05, 0.1) is 11.1 Å². The van der Waals surface area contributed by atoms with Crippen molar-refractivity contribution in [2.75, 3.05) is 0 Å². The molecule has 4 heterocycles. The van der Waals surface area contributed by atoms with Gasteiger partial charge in [-0.15, -0.1) is 0 Å². The molecule has 33 heavy (non-hydrogen) atoms. The van der Waals surface area contributed by atoms with Gasteiger partial charge >= 0.3 is 6.97 Å². The maximum Gasteiger partial charge on any atom is 0.737 e. The van der Waals surface area contributed by atoms with Crippen molar-refractivity contribution in [1.29, 1.82) is 0 Å². The second-order valence-corrected chi connectivity index (χ2v) is 9.35. The highest BCUT2D eigenvalue weighted by atomic mass is 19.2. The van der Waals surface area contributed by atoms with Crippen molar-refractivity contribution in [3.63, 3.8) is 0 Å². The third kappa shape index (κ3) is 2.79. The van der Waals surface area contributed by atoms with Crippen molar-refractivity contribution in [2.24, 2.45) is 0 Å². The maximum absolute atomic E-state index is 16.3. The highest BCUT2D eigenvalue weighted by Crippen LogP contribution is 2.47. The highest BCUT2D eigenvalue weighted by molar-refractivity contribution is 6.58. The first kappa shape index (κ1) is 21.8. The van der Waals surface area contributed by atoms with E-state index in [0.29, 0.717) is 22.8 Å². The van der Waals surface area contributed by atoms with Crippen molar-refractivity contribution in [2.45, 2.75) is 61.3 Å². The minimum Gasteiger partial charge on any atom is -0.393 e. The SMILES string of the molecule is CCC1=C(C)C2=C(c3ccc4nc(C)ccc4c3)c3c(C)c(CC)c(C)n3[B-](F)(F)[N+]2=C1C. The van der Waals surface area contributed by atoms with E-state index in [4.69, 9.17) is 0 Å². The molecule has 0 aliphatic carbocycles. The fraction of sp³-hybridized carbons (Fsp3) is 0.333. The summed E-state index contributed by atoms with van der Waals surface area (Å²) in [6, 6.07) is 10.2. The lowest BCUT2D eigenvalue weighted by atomic mass is 9.83. The van der Waals surface area contributed by atoms with Crippen LogP contribution in [-0.2, 0) is 6.42 Å². The van der Waals surface area contributed by atoms with Gasteiger partial charge in [0.25, 0.3) is 0 Å². The van der Waals surface area contributed by atoms with E-state index in [1.165, 1.54) is 8.96 Å². The Labute approximate surface area is 194 Å². The number of aromatic nitrogens is 2. The predicted molar refractivity (Wildman–Crippen MR) is 133 cm³/mol. The van der Waals surface area contributed by atoms with E-state index in [9.17, 15) is 0 Å². The number of aryl methyl sites for hydroxylation is 1. The first-order valence-electron chi connectivity index (χ1n) is 11.8. The number of benzene rings is 1. The molecule has 0 bridgehead atoms. The molecule has 0 saturated heterocycles. The molecule has 0 saturated carbocycles. The third-order valence-electron chi connectivity index (χ3n) is 7.61. The number of nitrogens with zero attached hydrogens (tertiary/aromatic N) is 3. The summed E-state index contributed by atoms with van der Waals surface area (Å²) in [4.78, 5) is 4.64. The number of hydrogen-bond acceptors (Lipinski definition) is 1. The number of rotatable bonds is 3. The van der Waals surface area contributed by atoms with Crippen molar-refractivity contribution in [3.05, 3.63) is 80.9 Å². The Morgan fingerprint density at radius 2 is 1.70 bits per heavy atom. The minimum absolute atomic E-state index is 0.657. The summed E-state index contributed by atoms with van der Waals surface area (Å²) < 4.78 is 35.3. The van der Waals surface area contributed by atoms with Gasteiger partial charge < -0.3 is 17.6 Å². The summed E-state index contributed by atoms with van der Waals surface area (Å²) >= 11 is 0. The van der Waals surface area contributed by atoms with Gasteiger partial charge in [-0.25, -0.2) is 0 Å². The normalized spacial score (nSPS) is 17.4. The Bertz CT molecular complexity index is 1450. The molecule has 5 rings (SSSR count). The van der Waals surface area contributed by atoms with Crippen LogP contribution in [0.1, 0.15) is 67.9 Å². The van der Waals surface area contributed by atoms with Crippen molar-refractivity contribution in [1.82, 2.24) is 9.46 Å². The van der Waals surface area contributed by atoms with Crippen molar-refractivity contribution in [3.8, 4) is 0 Å². The van der Waals surface area contributed by atoms with Crippen LogP contribution >= 0.6 is 0 Å². The lowest BCUT2D eigenvalue weighted by molar-refractivity contribution is -0.363. The van der Waals surface area contributed by atoms with E-state index in [-0.39, 0.29) is 0 Å². The lowest BCUT2D eigenvalue weighted by Gasteiger charge is -2.34. The van der Waals surface area contributed by atoms with Gasteiger partial charge in [-0.05, 0) is 81.1 Å². The number of halogens is 2. The quantitative estimate of drug-likeness (QED) is 0.410. The van der Waals surface area contributed by atoms with Crippen LogP contribution < -0.4 is 0 Å². The predicted octanol–water partition coefficient (Wildman–Crippen LogP) is 6.73. The van der Waals surface area contributed by atoms with Crippen LogP contribution in [0.3, 0.4) is 0 Å². The van der Waals surface area contributed by atoms with E-state index in [2.05, 4.69) is 17.1 Å². The summed E-state index contributed by atoms with van der Waals surface area (Å²) in [5, 5.41) is 1.01. The van der Waals surface area contributed by atoms with Crippen LogP contribution in [-0.4, -0.2) is 26.6 Å². The van der Waals surface area contributed by atoms with Crippen molar-refractivity contribution >= 4 is 29.2 Å². The number of fused-ring (bicyclic) bond motifs is 3. The molecule has 0 atom stereocenters. The molecule has 0 fully saturated rings. The molecule has 0 radical (unpaired) electrons. The lowest BCUT2D eigenvalue weighted by Crippen LogP contribution is -2.51. The standard InChI is InChI=1S/C27H30BF2N3/c1-8-22-16(4)26-25(21-12-13-24-20(14-21)11-10-15(3)31-24)27-17(5)23(9-2)19(7)33(27)28(29,30)32(26)18(22)6/h10-14H,8-9H2,1-7H3. The minimum atomic E-state index is -4.00. The van der Waals surface area contributed by atoms with E-state index < -0.39 is 6.97 Å². The van der Waals surface area contributed by atoms with Crippen molar-refractivity contribution < 1.29 is 13.1 Å². The molecule has 2 aliphatic rings. The van der Waals surface area contributed by atoms with Gasteiger partial charge in [0.2, 0.25) is 0 Å². The molecule has 6 heteroatoms. The van der Waals surface area contributed by atoms with Gasteiger partial charge in [0.1, 0.15) is 5.71 Å². The highest BCUT2D eigenvalue weighted by Gasteiger charge is 2.56. The van der Waals surface area contributed by atoms with E-state index in [1.807, 2.05) is 66.7 Å². The summed E-state index contributed by atoms with van der Waals surface area (Å²) in [6.07, 6.45) is 1.45. The largest absolute Gasteiger partial charge is 0.737 e. The Morgan fingerprint density at radius 3 is 2.36 bits per heavy atom. The van der Waals surface area contributed by atoms with Crippen LogP contribution in [0.5, 0.6) is 0 Å². The molecule has 170 valence electrons. The zero-order valence-corrected chi connectivity index (χ0v) is 20.5. The molecule has 2 aliphatic heterocycles. The monoisotopic (exact) mass is 445 g/mol. The van der Waals surface area contributed by atoms with E-state index in [0.717, 1.165) is 62.8 Å². The van der Waals surface area contributed by atoms with Crippen LogP contribution in [0.4, 0.5) is 8.63 Å². The Morgan fingerprint density at radius 1 is 0.970 bits per heavy atom. The smallest absolute Gasteiger partial charge is 0.393 e. The number of allylic oxidation sites excluding steroid dienone is 2. The van der Waals surface area contributed by atoms with Crippen LogP contribution in [0.2, 0.25) is 0 Å². The van der Waals surface area contributed by atoms with Crippen LogP contribution in [0.15, 0.2) is 47.2 Å². The summed E-state index contributed by atoms with van der Waals surface area (Å²) in [5.41, 5.74) is 10.3. The number of pyridine rings is 1. The average molecular weight is 445 g/mol. The molecule has 2 aromatic heterocycles. The zero-order valence-electron chi connectivity index (χ0n) is 20.5. The average Bonchev–Trinajstić information content (AvgIpc) is 3.18.